The molecule has 0 spiro atoms. The van der Waals surface area contributed by atoms with E-state index in [1.54, 1.807) is 31.2 Å². The number of allylic oxidation sites excluding steroid dienone is 2. The number of thioether (sulfide) groups is 1. The van der Waals surface area contributed by atoms with Gasteiger partial charge >= 0.3 is 5.97 Å². The zero-order valence-electron chi connectivity index (χ0n) is 21.5. The molecule has 0 bridgehead atoms. The standard InChI is InChI=1S/C28H30ClN3O4S/c1-16-12-17(2)26(18(3)13-16)32-23(33)15-37-27-21(14-30)25(20-8-6-7-9-22(20)29)24(19(4)31-27)28(34)36-11-10-35-5/h6-9,12-13,25,31H,10-11,15H2,1-5H3,(H,32,33)/t25-/m0/s1. The number of aryl methyl sites for hydroxylation is 3. The van der Waals surface area contributed by atoms with Crippen LogP contribution < -0.4 is 10.6 Å². The Kier molecular flexibility index (Phi) is 9.81. The zero-order valence-corrected chi connectivity index (χ0v) is 23.1. The number of nitrogens with one attached hydrogen (secondary N) is 2. The molecule has 0 radical (unpaired) electrons. The summed E-state index contributed by atoms with van der Waals surface area (Å²) >= 11 is 7.71. The van der Waals surface area contributed by atoms with Crippen molar-refractivity contribution in [3.63, 3.8) is 0 Å². The predicted octanol–water partition coefficient (Wildman–Crippen LogP) is 5.52. The third kappa shape index (κ3) is 6.75. The molecule has 0 fully saturated rings. The third-order valence-corrected chi connectivity index (χ3v) is 7.25. The highest BCUT2D eigenvalue weighted by molar-refractivity contribution is 8.03. The number of benzene rings is 2. The fraction of sp³-hybridized carbons (Fsp3) is 0.321. The Labute approximate surface area is 226 Å². The van der Waals surface area contributed by atoms with Crippen molar-refractivity contribution in [3.05, 3.63) is 85.5 Å². The third-order valence-electron chi connectivity index (χ3n) is 5.89. The minimum Gasteiger partial charge on any atom is -0.460 e. The zero-order chi connectivity index (χ0) is 27.1. The van der Waals surface area contributed by atoms with Crippen molar-refractivity contribution in [1.29, 1.82) is 5.26 Å². The van der Waals surface area contributed by atoms with Crippen LogP contribution in [0, 0.1) is 32.1 Å². The number of dihydropyridines is 1. The van der Waals surface area contributed by atoms with Crippen LogP contribution in [0.4, 0.5) is 5.69 Å². The van der Waals surface area contributed by atoms with E-state index in [1.807, 2.05) is 32.9 Å². The van der Waals surface area contributed by atoms with E-state index < -0.39 is 11.9 Å². The van der Waals surface area contributed by atoms with Gasteiger partial charge in [0.25, 0.3) is 0 Å². The number of nitrogens with zero attached hydrogens (tertiary/aromatic N) is 1. The number of rotatable bonds is 9. The fourth-order valence-electron chi connectivity index (χ4n) is 4.30. The number of anilines is 1. The Hall–Kier alpha value is -3.25. The van der Waals surface area contributed by atoms with Gasteiger partial charge in [-0.05, 0) is 50.5 Å². The first-order chi connectivity index (χ1) is 17.7. The first kappa shape index (κ1) is 28.3. The van der Waals surface area contributed by atoms with Crippen LogP contribution in [0.3, 0.4) is 0 Å². The normalized spacial score (nSPS) is 15.2. The van der Waals surface area contributed by atoms with Crippen LogP contribution >= 0.6 is 23.4 Å². The van der Waals surface area contributed by atoms with Crippen molar-refractivity contribution in [2.75, 3.05) is 31.4 Å². The molecule has 2 aromatic rings. The lowest BCUT2D eigenvalue weighted by molar-refractivity contribution is -0.140. The largest absolute Gasteiger partial charge is 0.460 e. The molecule has 1 aliphatic rings. The Morgan fingerprint density at radius 2 is 1.81 bits per heavy atom. The number of ether oxygens (including phenoxy) is 2. The highest BCUT2D eigenvalue weighted by Gasteiger charge is 2.36. The lowest BCUT2D eigenvalue weighted by Crippen LogP contribution is -2.30. The quantitative estimate of drug-likeness (QED) is 0.319. The lowest BCUT2D eigenvalue weighted by Gasteiger charge is -2.29. The summed E-state index contributed by atoms with van der Waals surface area (Å²) in [7, 11) is 1.52. The van der Waals surface area contributed by atoms with Crippen molar-refractivity contribution in [2.24, 2.45) is 0 Å². The average molecular weight is 540 g/mol. The topological polar surface area (TPSA) is 100 Å². The SMILES string of the molecule is COCCOC(=O)C1=C(C)NC(SCC(=O)Nc2c(C)cc(C)cc2C)=C(C#N)[C@@H]1c1ccccc1Cl. The van der Waals surface area contributed by atoms with E-state index in [9.17, 15) is 14.9 Å². The number of carbonyl (C=O) groups excluding carboxylic acids is 2. The molecule has 2 N–H and O–H groups in total. The molecule has 0 aromatic heterocycles. The van der Waals surface area contributed by atoms with Gasteiger partial charge in [-0.3, -0.25) is 4.79 Å². The van der Waals surface area contributed by atoms with Gasteiger partial charge in [-0.15, -0.1) is 0 Å². The molecule has 0 saturated heterocycles. The molecule has 1 aliphatic heterocycles. The number of nitriles is 1. The molecule has 37 heavy (non-hydrogen) atoms. The molecular formula is C28H30ClN3O4S. The molecule has 1 amide bonds. The Morgan fingerprint density at radius 1 is 1.14 bits per heavy atom. The van der Waals surface area contributed by atoms with Gasteiger partial charge in [0.15, 0.2) is 0 Å². The summed E-state index contributed by atoms with van der Waals surface area (Å²) in [6, 6.07) is 13.4. The van der Waals surface area contributed by atoms with E-state index in [4.69, 9.17) is 21.1 Å². The number of halogens is 1. The minimum absolute atomic E-state index is 0.0659. The summed E-state index contributed by atoms with van der Waals surface area (Å²) in [5.41, 5.74) is 5.59. The summed E-state index contributed by atoms with van der Waals surface area (Å²) in [6.07, 6.45) is 0. The summed E-state index contributed by atoms with van der Waals surface area (Å²) < 4.78 is 10.4. The molecule has 3 rings (SSSR count). The molecule has 2 aromatic carbocycles. The highest BCUT2D eigenvalue weighted by atomic mass is 35.5. The fourth-order valence-corrected chi connectivity index (χ4v) is 5.44. The smallest absolute Gasteiger partial charge is 0.336 e. The molecule has 9 heteroatoms. The second-order valence-corrected chi connectivity index (χ2v) is 10.1. The van der Waals surface area contributed by atoms with Gasteiger partial charge in [0.05, 0.1) is 40.5 Å². The van der Waals surface area contributed by atoms with E-state index in [0.717, 1.165) is 22.4 Å². The molecule has 1 atom stereocenters. The van der Waals surface area contributed by atoms with Crippen LogP contribution in [0.15, 0.2) is 58.3 Å². The molecule has 0 unspecified atom stereocenters. The minimum atomic E-state index is -0.748. The van der Waals surface area contributed by atoms with Gasteiger partial charge in [0.2, 0.25) is 5.91 Å². The average Bonchev–Trinajstić information content (AvgIpc) is 2.84. The van der Waals surface area contributed by atoms with E-state index in [1.165, 1.54) is 18.9 Å². The van der Waals surface area contributed by atoms with Crippen LogP contribution in [-0.4, -0.2) is 38.0 Å². The predicted molar refractivity (Wildman–Crippen MR) is 147 cm³/mol. The highest BCUT2D eigenvalue weighted by Crippen LogP contribution is 2.43. The van der Waals surface area contributed by atoms with Crippen molar-refractivity contribution in [2.45, 2.75) is 33.6 Å². The van der Waals surface area contributed by atoms with E-state index in [2.05, 4.69) is 16.7 Å². The van der Waals surface area contributed by atoms with Crippen LogP contribution in [0.1, 0.15) is 35.1 Å². The Morgan fingerprint density at radius 3 is 2.43 bits per heavy atom. The summed E-state index contributed by atoms with van der Waals surface area (Å²) in [5.74, 6) is -1.45. The second kappa shape index (κ2) is 12.8. The van der Waals surface area contributed by atoms with Crippen molar-refractivity contribution < 1.29 is 19.1 Å². The van der Waals surface area contributed by atoms with Gasteiger partial charge in [-0.2, -0.15) is 5.26 Å². The Bertz CT molecular complexity index is 1290. The van der Waals surface area contributed by atoms with Crippen molar-refractivity contribution in [3.8, 4) is 6.07 Å². The van der Waals surface area contributed by atoms with E-state index in [-0.39, 0.29) is 30.4 Å². The first-order valence-corrected chi connectivity index (χ1v) is 13.1. The number of esters is 1. The number of methoxy groups -OCH3 is 1. The van der Waals surface area contributed by atoms with Crippen molar-refractivity contribution in [1.82, 2.24) is 5.32 Å². The van der Waals surface area contributed by atoms with E-state index >= 15 is 0 Å². The molecule has 0 aliphatic carbocycles. The maximum atomic E-state index is 13.1. The van der Waals surface area contributed by atoms with Crippen LogP contribution in [-0.2, 0) is 19.1 Å². The maximum absolute atomic E-state index is 13.1. The van der Waals surface area contributed by atoms with Gasteiger partial charge < -0.3 is 20.1 Å². The van der Waals surface area contributed by atoms with Crippen molar-refractivity contribution >= 4 is 40.9 Å². The monoisotopic (exact) mass is 539 g/mol. The molecule has 0 saturated carbocycles. The number of amides is 1. The number of hydrogen-bond donors (Lipinski definition) is 2. The first-order valence-electron chi connectivity index (χ1n) is 11.7. The molecular weight excluding hydrogens is 510 g/mol. The van der Waals surface area contributed by atoms with Gasteiger partial charge in [0, 0.05) is 23.5 Å². The van der Waals surface area contributed by atoms with E-state index in [0.29, 0.717) is 26.9 Å². The summed E-state index contributed by atoms with van der Waals surface area (Å²) in [6.45, 7) is 7.99. The van der Waals surface area contributed by atoms with Gasteiger partial charge in [-0.25, -0.2) is 4.79 Å². The Balaban J connectivity index is 1.90. The second-order valence-electron chi connectivity index (χ2n) is 8.71. The number of carbonyl (C=O) groups is 2. The summed E-state index contributed by atoms with van der Waals surface area (Å²) in [4.78, 5) is 25.9. The number of hydrogen-bond acceptors (Lipinski definition) is 7. The molecule has 7 nitrogen and oxygen atoms in total. The molecule has 1 heterocycles. The van der Waals surface area contributed by atoms with Crippen LogP contribution in [0.5, 0.6) is 0 Å². The lowest BCUT2D eigenvalue weighted by atomic mass is 9.82. The molecule has 194 valence electrons. The van der Waals surface area contributed by atoms with Crippen LogP contribution in [0.25, 0.3) is 0 Å². The maximum Gasteiger partial charge on any atom is 0.336 e. The summed E-state index contributed by atoms with van der Waals surface area (Å²) in [5, 5.41) is 17.2. The van der Waals surface area contributed by atoms with Gasteiger partial charge in [-0.1, -0.05) is 59.3 Å². The van der Waals surface area contributed by atoms with Gasteiger partial charge in [0.1, 0.15) is 6.61 Å². The van der Waals surface area contributed by atoms with Crippen LogP contribution in [0.2, 0.25) is 5.02 Å².